The van der Waals surface area contributed by atoms with E-state index in [1.54, 1.807) is 18.1 Å². The first kappa shape index (κ1) is 22.0. The minimum absolute atomic E-state index is 0.262. The molecule has 29 heavy (non-hydrogen) atoms. The van der Waals surface area contributed by atoms with Gasteiger partial charge in [0.2, 0.25) is 0 Å². The topological polar surface area (TPSA) is 51.1 Å². The van der Waals surface area contributed by atoms with Gasteiger partial charge in [-0.25, -0.2) is 9.80 Å². The molecule has 3 rings (SSSR count). The second-order valence-corrected chi connectivity index (χ2v) is 5.85. The zero-order valence-electron chi connectivity index (χ0n) is 17.7. The van der Waals surface area contributed by atoms with E-state index in [9.17, 15) is 4.79 Å². The number of carbonyl (C=O) groups excluding carboxylic acids is 1. The van der Waals surface area contributed by atoms with Gasteiger partial charge in [-0.15, -0.1) is 0 Å². The van der Waals surface area contributed by atoms with Gasteiger partial charge >= 0.3 is 5.97 Å². The van der Waals surface area contributed by atoms with Crippen LogP contribution in [0.25, 0.3) is 11.5 Å². The zero-order chi connectivity index (χ0) is 21.2. The van der Waals surface area contributed by atoms with Crippen molar-refractivity contribution >= 4 is 23.6 Å². The lowest BCUT2D eigenvalue weighted by Gasteiger charge is -2.31. The minimum Gasteiger partial charge on any atom is -0.486 e. The Morgan fingerprint density at radius 3 is 2.21 bits per heavy atom. The molecule has 5 nitrogen and oxygen atoms in total. The fourth-order valence-corrected chi connectivity index (χ4v) is 3.03. The predicted molar refractivity (Wildman–Crippen MR) is 118 cm³/mol. The van der Waals surface area contributed by atoms with Crippen molar-refractivity contribution in [1.29, 1.82) is 0 Å². The molecule has 1 aliphatic rings. The number of methoxy groups -OCH3 is 1. The van der Waals surface area contributed by atoms with Crippen LogP contribution in [0.2, 0.25) is 0 Å². The zero-order valence-corrected chi connectivity index (χ0v) is 17.7. The van der Waals surface area contributed by atoms with E-state index in [0.29, 0.717) is 12.4 Å². The van der Waals surface area contributed by atoms with Gasteiger partial charge in [-0.3, -0.25) is 0 Å². The van der Waals surface area contributed by atoms with Gasteiger partial charge in [-0.05, 0) is 19.4 Å². The monoisotopic (exact) mass is 392 g/mol. The molecule has 1 heterocycles. The van der Waals surface area contributed by atoms with E-state index in [4.69, 9.17) is 9.47 Å². The Kier molecular flexibility index (Phi) is 8.22. The van der Waals surface area contributed by atoms with Crippen molar-refractivity contribution < 1.29 is 14.3 Å². The maximum Gasteiger partial charge on any atom is 0.360 e. The Labute approximate surface area is 173 Å². The Morgan fingerprint density at radius 1 is 1.00 bits per heavy atom. The first-order chi connectivity index (χ1) is 14.2. The molecule has 0 bridgehead atoms. The number of hydrogen-bond donors (Lipinski definition) is 0. The van der Waals surface area contributed by atoms with E-state index in [-0.39, 0.29) is 5.70 Å². The number of rotatable bonds is 5. The number of allylic oxidation sites excluding steroid dienone is 1. The Hall–Kier alpha value is -3.34. The number of carbonyl (C=O) groups is 1. The fraction of sp³-hybridized carbons (Fsp3) is 0.250. The summed E-state index contributed by atoms with van der Waals surface area (Å²) in [5, 5.41) is 5.97. The molecule has 0 saturated carbocycles. The first-order valence-corrected chi connectivity index (χ1v) is 9.75. The number of benzene rings is 2. The predicted octanol–water partition coefficient (Wildman–Crippen LogP) is 5.45. The second kappa shape index (κ2) is 10.9. The van der Waals surface area contributed by atoms with E-state index in [0.717, 1.165) is 22.4 Å². The van der Waals surface area contributed by atoms with Crippen LogP contribution in [0.4, 0.5) is 0 Å². The molecule has 0 atom stereocenters. The van der Waals surface area contributed by atoms with Gasteiger partial charge in [0.25, 0.3) is 0 Å². The van der Waals surface area contributed by atoms with Crippen molar-refractivity contribution in [3.05, 3.63) is 83.1 Å². The third-order valence-electron chi connectivity index (χ3n) is 4.21. The van der Waals surface area contributed by atoms with Gasteiger partial charge in [0.15, 0.2) is 11.5 Å². The maximum absolute atomic E-state index is 12.6. The quantitative estimate of drug-likeness (QED) is 0.501. The van der Waals surface area contributed by atoms with Crippen LogP contribution in [0.15, 0.2) is 71.5 Å². The van der Waals surface area contributed by atoms with E-state index in [1.165, 1.54) is 7.11 Å². The van der Waals surface area contributed by atoms with Crippen molar-refractivity contribution in [3.8, 4) is 0 Å². The third-order valence-corrected chi connectivity index (χ3v) is 4.21. The molecule has 0 fully saturated rings. The smallest absolute Gasteiger partial charge is 0.360 e. The third kappa shape index (κ3) is 4.74. The Balaban J connectivity index is 0.00000145. The van der Waals surface area contributed by atoms with Crippen LogP contribution in [0, 0.1) is 0 Å². The van der Waals surface area contributed by atoms with Crippen LogP contribution in [-0.2, 0) is 20.9 Å². The van der Waals surface area contributed by atoms with E-state index >= 15 is 0 Å². The number of ether oxygens (including phenoxy) is 2. The SMILES string of the molecule is C/C=N\N1C(C(=O)OC)=C(OCc2ccccc2)c2ccccc2/C1=C\C.CC. The number of fused-ring (bicyclic) bond motifs is 1. The molecule has 0 unspecified atom stereocenters. The summed E-state index contributed by atoms with van der Waals surface area (Å²) in [6.45, 7) is 8.04. The van der Waals surface area contributed by atoms with Crippen LogP contribution in [0.5, 0.6) is 0 Å². The number of esters is 1. The van der Waals surface area contributed by atoms with Crippen LogP contribution < -0.4 is 0 Å². The molecule has 152 valence electrons. The standard InChI is InChI=1S/C22H22N2O3.C2H6/c1-4-19-17-13-9-10-14-18(17)21(27-15-16-11-7-6-8-12-16)20(22(25)26-3)24(19)23-5-2;1-2/h4-14H,15H2,1-3H3;1-2H3/b19-4+,23-5-;. The van der Waals surface area contributed by atoms with Crippen molar-refractivity contribution in [2.24, 2.45) is 5.10 Å². The number of nitrogens with zero attached hydrogens (tertiary/aromatic N) is 2. The second-order valence-electron chi connectivity index (χ2n) is 5.85. The Bertz CT molecular complexity index is 915. The summed E-state index contributed by atoms with van der Waals surface area (Å²) in [6.07, 6.45) is 3.55. The van der Waals surface area contributed by atoms with Gasteiger partial charge < -0.3 is 9.47 Å². The molecule has 5 heteroatoms. The van der Waals surface area contributed by atoms with Gasteiger partial charge in [-0.1, -0.05) is 74.5 Å². The van der Waals surface area contributed by atoms with Crippen LogP contribution in [0.1, 0.15) is 44.4 Å². The molecule has 0 aliphatic carbocycles. The van der Waals surface area contributed by atoms with Crippen molar-refractivity contribution in [2.45, 2.75) is 34.3 Å². The summed E-state index contributed by atoms with van der Waals surface area (Å²) in [4.78, 5) is 12.6. The molecule has 0 spiro atoms. The lowest BCUT2D eigenvalue weighted by atomic mass is 9.97. The van der Waals surface area contributed by atoms with Gasteiger partial charge in [-0.2, -0.15) is 5.10 Å². The highest BCUT2D eigenvalue weighted by molar-refractivity contribution is 6.01. The maximum atomic E-state index is 12.6. The lowest BCUT2D eigenvalue weighted by molar-refractivity contribution is -0.137. The highest BCUT2D eigenvalue weighted by Gasteiger charge is 2.34. The van der Waals surface area contributed by atoms with Crippen molar-refractivity contribution in [3.63, 3.8) is 0 Å². The van der Waals surface area contributed by atoms with Gasteiger partial charge in [0.05, 0.1) is 12.8 Å². The number of hydrazone groups is 1. The summed E-state index contributed by atoms with van der Waals surface area (Å²) in [6, 6.07) is 17.6. The first-order valence-electron chi connectivity index (χ1n) is 9.75. The largest absolute Gasteiger partial charge is 0.486 e. The van der Waals surface area contributed by atoms with Crippen LogP contribution >= 0.6 is 0 Å². The van der Waals surface area contributed by atoms with Gasteiger partial charge in [0, 0.05) is 17.3 Å². The molecule has 0 aromatic heterocycles. The summed E-state index contributed by atoms with van der Waals surface area (Å²) >= 11 is 0. The molecule has 0 radical (unpaired) electrons. The normalized spacial score (nSPS) is 14.4. The van der Waals surface area contributed by atoms with E-state index in [1.807, 2.05) is 81.4 Å². The van der Waals surface area contributed by atoms with Crippen molar-refractivity contribution in [1.82, 2.24) is 5.01 Å². The highest BCUT2D eigenvalue weighted by atomic mass is 16.5. The van der Waals surface area contributed by atoms with E-state index < -0.39 is 5.97 Å². The molecule has 0 N–H and O–H groups in total. The van der Waals surface area contributed by atoms with Crippen LogP contribution in [0.3, 0.4) is 0 Å². The molecule has 2 aromatic carbocycles. The Morgan fingerprint density at radius 2 is 1.62 bits per heavy atom. The van der Waals surface area contributed by atoms with Crippen LogP contribution in [-0.4, -0.2) is 24.3 Å². The molecular weight excluding hydrogens is 364 g/mol. The highest BCUT2D eigenvalue weighted by Crippen LogP contribution is 2.40. The number of hydrogen-bond acceptors (Lipinski definition) is 5. The lowest BCUT2D eigenvalue weighted by Crippen LogP contribution is -2.29. The molecule has 2 aromatic rings. The molecular formula is C24H28N2O3. The fourth-order valence-electron chi connectivity index (χ4n) is 3.03. The average molecular weight is 392 g/mol. The molecule has 0 amide bonds. The summed E-state index contributed by atoms with van der Waals surface area (Å²) in [5.41, 5.74) is 3.86. The summed E-state index contributed by atoms with van der Waals surface area (Å²) in [7, 11) is 1.35. The van der Waals surface area contributed by atoms with Gasteiger partial charge in [0.1, 0.15) is 6.61 Å². The minimum atomic E-state index is -0.502. The van der Waals surface area contributed by atoms with Crippen molar-refractivity contribution in [2.75, 3.05) is 7.11 Å². The molecule has 1 aliphatic heterocycles. The van der Waals surface area contributed by atoms with E-state index in [2.05, 4.69) is 5.10 Å². The summed E-state index contributed by atoms with van der Waals surface area (Å²) in [5.74, 6) is -0.0463. The average Bonchev–Trinajstić information content (AvgIpc) is 2.79. The molecule has 0 saturated heterocycles. The summed E-state index contributed by atoms with van der Waals surface area (Å²) < 4.78 is 11.2.